The number of β-amino-alcohol motifs (C(OH)–C–C–N with tert-alkyl or cyclic N) is 1. The van der Waals surface area contributed by atoms with E-state index in [4.69, 9.17) is 27.9 Å². The Morgan fingerprint density at radius 1 is 1.32 bits per heavy atom. The average Bonchev–Trinajstić information content (AvgIpc) is 2.49. The van der Waals surface area contributed by atoms with Gasteiger partial charge in [-0.25, -0.2) is 0 Å². The number of carbonyl (C=O) groups excluding carboxylic acids is 1. The molecule has 1 aliphatic rings. The molecule has 1 aliphatic heterocycles. The van der Waals surface area contributed by atoms with E-state index in [2.05, 4.69) is 4.90 Å². The summed E-state index contributed by atoms with van der Waals surface area (Å²) in [5.41, 5.74) is 0. The van der Waals surface area contributed by atoms with Crippen molar-refractivity contribution in [1.29, 1.82) is 0 Å². The average molecular weight is 347 g/mol. The van der Waals surface area contributed by atoms with Crippen molar-refractivity contribution in [3.05, 3.63) is 28.2 Å². The summed E-state index contributed by atoms with van der Waals surface area (Å²) in [6.45, 7) is 5.14. The molecule has 0 radical (unpaired) electrons. The second-order valence-electron chi connectivity index (χ2n) is 5.35. The van der Waals surface area contributed by atoms with Crippen molar-refractivity contribution in [2.24, 2.45) is 0 Å². The molecule has 1 atom stereocenters. The van der Waals surface area contributed by atoms with Crippen molar-refractivity contribution in [3.63, 3.8) is 0 Å². The number of halogens is 2. The van der Waals surface area contributed by atoms with Gasteiger partial charge >= 0.3 is 0 Å². The van der Waals surface area contributed by atoms with Gasteiger partial charge < -0.3 is 14.7 Å². The van der Waals surface area contributed by atoms with E-state index in [1.54, 1.807) is 25.1 Å². The Balaban J connectivity index is 1.75. The molecular formula is C15H20Cl2N2O3. The summed E-state index contributed by atoms with van der Waals surface area (Å²) in [5.74, 6) is 0.564. The highest BCUT2D eigenvalue weighted by Gasteiger charge is 2.20. The Morgan fingerprint density at radius 3 is 2.64 bits per heavy atom. The van der Waals surface area contributed by atoms with Gasteiger partial charge in [0.1, 0.15) is 18.5 Å². The highest BCUT2D eigenvalue weighted by atomic mass is 35.5. The van der Waals surface area contributed by atoms with E-state index in [0.29, 0.717) is 35.4 Å². The summed E-state index contributed by atoms with van der Waals surface area (Å²) in [4.78, 5) is 15.2. The molecule has 1 fully saturated rings. The van der Waals surface area contributed by atoms with Gasteiger partial charge in [0.25, 0.3) is 0 Å². The lowest BCUT2D eigenvalue weighted by atomic mass is 10.2. The topological polar surface area (TPSA) is 53.0 Å². The van der Waals surface area contributed by atoms with Crippen LogP contribution in [0.3, 0.4) is 0 Å². The van der Waals surface area contributed by atoms with Crippen molar-refractivity contribution in [1.82, 2.24) is 9.80 Å². The van der Waals surface area contributed by atoms with E-state index in [9.17, 15) is 9.90 Å². The molecule has 22 heavy (non-hydrogen) atoms. The number of amides is 1. The van der Waals surface area contributed by atoms with E-state index in [-0.39, 0.29) is 12.5 Å². The number of aliphatic hydroxyl groups is 1. The van der Waals surface area contributed by atoms with Crippen LogP contribution in [0.15, 0.2) is 18.2 Å². The number of aliphatic hydroxyl groups excluding tert-OH is 1. The van der Waals surface area contributed by atoms with Crippen LogP contribution in [0, 0.1) is 0 Å². The van der Waals surface area contributed by atoms with E-state index >= 15 is 0 Å². The number of hydrogen-bond acceptors (Lipinski definition) is 4. The summed E-state index contributed by atoms with van der Waals surface area (Å²) in [6, 6.07) is 4.97. The Labute approximate surface area is 140 Å². The Morgan fingerprint density at radius 2 is 2.00 bits per heavy atom. The molecule has 0 saturated carbocycles. The number of carbonyl (C=O) groups is 1. The molecule has 1 aromatic rings. The minimum atomic E-state index is -0.626. The number of hydrogen-bond donors (Lipinski definition) is 1. The minimum absolute atomic E-state index is 0.0964. The maximum absolute atomic E-state index is 11.3. The van der Waals surface area contributed by atoms with Gasteiger partial charge in [-0.2, -0.15) is 0 Å². The molecular weight excluding hydrogens is 327 g/mol. The zero-order valence-electron chi connectivity index (χ0n) is 12.5. The summed E-state index contributed by atoms with van der Waals surface area (Å²) in [6.07, 6.45) is -0.626. The predicted molar refractivity (Wildman–Crippen MR) is 86.7 cm³/mol. The number of rotatable bonds is 5. The number of nitrogens with zero attached hydrogens (tertiary/aromatic N) is 2. The molecule has 1 N–H and O–H groups in total. The molecule has 0 bridgehead atoms. The minimum Gasteiger partial charge on any atom is -0.489 e. The van der Waals surface area contributed by atoms with Crippen molar-refractivity contribution in [2.75, 3.05) is 39.3 Å². The molecule has 1 heterocycles. The molecule has 1 unspecified atom stereocenters. The largest absolute Gasteiger partial charge is 0.489 e. The fourth-order valence-corrected chi connectivity index (χ4v) is 2.70. The number of ether oxygens (including phenoxy) is 1. The second kappa shape index (κ2) is 8.02. The third-order valence-corrected chi connectivity index (χ3v) is 4.16. The molecule has 0 aliphatic carbocycles. The third-order valence-electron chi connectivity index (χ3n) is 3.61. The lowest BCUT2D eigenvalue weighted by Gasteiger charge is -2.35. The summed E-state index contributed by atoms with van der Waals surface area (Å²) >= 11 is 11.9. The quantitative estimate of drug-likeness (QED) is 0.884. The van der Waals surface area contributed by atoms with Gasteiger partial charge in [0.2, 0.25) is 5.91 Å². The molecule has 122 valence electrons. The SMILES string of the molecule is CC(=O)N1CCN(CC(O)COc2cc(Cl)ccc2Cl)CC1. The van der Waals surface area contributed by atoms with Gasteiger partial charge in [-0.05, 0) is 12.1 Å². The first-order valence-corrected chi connectivity index (χ1v) is 7.95. The van der Waals surface area contributed by atoms with E-state index in [1.807, 2.05) is 4.90 Å². The van der Waals surface area contributed by atoms with Gasteiger partial charge in [0, 0.05) is 50.7 Å². The van der Waals surface area contributed by atoms with Gasteiger partial charge in [0.05, 0.1) is 5.02 Å². The molecule has 1 amide bonds. The molecule has 7 heteroatoms. The summed E-state index contributed by atoms with van der Waals surface area (Å²) in [5, 5.41) is 11.1. The van der Waals surface area contributed by atoms with Crippen LogP contribution in [-0.4, -0.2) is 66.2 Å². The summed E-state index contributed by atoms with van der Waals surface area (Å²) in [7, 11) is 0. The van der Waals surface area contributed by atoms with Gasteiger partial charge in [-0.3, -0.25) is 9.69 Å². The first kappa shape index (κ1) is 17.3. The first-order chi connectivity index (χ1) is 10.5. The van der Waals surface area contributed by atoms with E-state index < -0.39 is 6.10 Å². The van der Waals surface area contributed by atoms with Gasteiger partial charge in [-0.15, -0.1) is 0 Å². The lowest BCUT2D eigenvalue weighted by molar-refractivity contribution is -0.130. The van der Waals surface area contributed by atoms with Gasteiger partial charge in [0.15, 0.2) is 0 Å². The highest BCUT2D eigenvalue weighted by molar-refractivity contribution is 6.34. The van der Waals surface area contributed by atoms with E-state index in [0.717, 1.165) is 13.1 Å². The number of benzene rings is 1. The Hall–Kier alpha value is -1.01. The van der Waals surface area contributed by atoms with Crippen LogP contribution in [-0.2, 0) is 4.79 Å². The van der Waals surface area contributed by atoms with Crippen molar-refractivity contribution in [3.8, 4) is 5.75 Å². The Bertz CT molecular complexity index is 520. The molecule has 2 rings (SSSR count). The standard InChI is InChI=1S/C15H20Cl2N2O3/c1-11(20)19-6-4-18(5-7-19)9-13(21)10-22-15-8-12(16)2-3-14(15)17/h2-3,8,13,21H,4-7,9-10H2,1H3. The summed E-state index contributed by atoms with van der Waals surface area (Å²) < 4.78 is 5.52. The van der Waals surface area contributed by atoms with E-state index in [1.165, 1.54) is 0 Å². The zero-order chi connectivity index (χ0) is 16.1. The van der Waals surface area contributed by atoms with Crippen LogP contribution in [0.4, 0.5) is 0 Å². The second-order valence-corrected chi connectivity index (χ2v) is 6.19. The van der Waals surface area contributed by atoms with Crippen LogP contribution in [0.25, 0.3) is 0 Å². The monoisotopic (exact) mass is 346 g/mol. The van der Waals surface area contributed by atoms with Crippen LogP contribution < -0.4 is 4.74 Å². The smallest absolute Gasteiger partial charge is 0.219 e. The van der Waals surface area contributed by atoms with Crippen LogP contribution in [0.2, 0.25) is 10.0 Å². The maximum atomic E-state index is 11.3. The predicted octanol–water partition coefficient (Wildman–Crippen LogP) is 1.90. The highest BCUT2D eigenvalue weighted by Crippen LogP contribution is 2.27. The third kappa shape index (κ3) is 5.02. The first-order valence-electron chi connectivity index (χ1n) is 7.19. The number of piperazine rings is 1. The Kier molecular flexibility index (Phi) is 6.32. The van der Waals surface area contributed by atoms with Gasteiger partial charge in [-0.1, -0.05) is 23.2 Å². The molecule has 1 aromatic carbocycles. The zero-order valence-corrected chi connectivity index (χ0v) is 14.0. The fraction of sp³-hybridized carbons (Fsp3) is 0.533. The van der Waals surface area contributed by atoms with Crippen LogP contribution >= 0.6 is 23.2 Å². The fourth-order valence-electron chi connectivity index (χ4n) is 2.37. The molecule has 1 saturated heterocycles. The lowest BCUT2D eigenvalue weighted by Crippen LogP contribution is -2.50. The van der Waals surface area contributed by atoms with Crippen molar-refractivity contribution < 1.29 is 14.6 Å². The van der Waals surface area contributed by atoms with Crippen molar-refractivity contribution in [2.45, 2.75) is 13.0 Å². The van der Waals surface area contributed by atoms with Crippen molar-refractivity contribution >= 4 is 29.1 Å². The normalized spacial score (nSPS) is 17.4. The molecule has 0 aromatic heterocycles. The van der Waals surface area contributed by atoms with Crippen LogP contribution in [0.1, 0.15) is 6.92 Å². The maximum Gasteiger partial charge on any atom is 0.219 e. The molecule has 0 spiro atoms. The molecule has 5 nitrogen and oxygen atoms in total. The van der Waals surface area contributed by atoms with Crippen LogP contribution in [0.5, 0.6) is 5.75 Å².